The van der Waals surface area contributed by atoms with Crippen molar-refractivity contribution < 1.29 is 29.6 Å². The smallest absolute Gasteiger partial charge is 0.323 e. The number of likely N-dealkylation sites (tertiary alicyclic amines) is 1. The van der Waals surface area contributed by atoms with Crippen LogP contribution in [-0.4, -0.2) is 82.4 Å². The number of nitrogens with zero attached hydrogens (tertiary/aromatic N) is 1. The topological polar surface area (TPSA) is 99.5 Å². The highest BCUT2D eigenvalue weighted by molar-refractivity contribution is 5.76. The van der Waals surface area contributed by atoms with Crippen molar-refractivity contribution in [3.05, 3.63) is 47.5 Å². The molecule has 0 amide bonds. The summed E-state index contributed by atoms with van der Waals surface area (Å²) >= 11 is 0. The van der Waals surface area contributed by atoms with Crippen molar-refractivity contribution in [3.8, 4) is 0 Å². The van der Waals surface area contributed by atoms with Crippen molar-refractivity contribution in [2.45, 2.75) is 81.9 Å². The fraction of sp³-hybridized carbons (Fsp3) is 0.654. The van der Waals surface area contributed by atoms with Gasteiger partial charge in [0, 0.05) is 25.6 Å². The third-order valence-electron chi connectivity index (χ3n) is 7.49. The Balaban J connectivity index is 2.09. The first-order valence-electron chi connectivity index (χ1n) is 11.7. The summed E-state index contributed by atoms with van der Waals surface area (Å²) in [6.45, 7) is 5.85. The lowest BCUT2D eigenvalue weighted by atomic mass is 9.59. The lowest BCUT2D eigenvalue weighted by Gasteiger charge is -2.61. The second-order valence-corrected chi connectivity index (χ2v) is 10.0. The van der Waals surface area contributed by atoms with Crippen molar-refractivity contribution in [1.29, 1.82) is 0 Å². The molecule has 1 aromatic rings. The summed E-state index contributed by atoms with van der Waals surface area (Å²) in [5.74, 6) is -1.11. The zero-order valence-corrected chi connectivity index (χ0v) is 20.4. The van der Waals surface area contributed by atoms with E-state index in [1.54, 1.807) is 6.92 Å². The van der Waals surface area contributed by atoms with Gasteiger partial charge in [-0.2, -0.15) is 0 Å². The van der Waals surface area contributed by atoms with Crippen molar-refractivity contribution in [2.24, 2.45) is 5.92 Å². The molecular weight excluding hydrogens is 422 g/mol. The number of fused-ring (bicyclic) bond motifs is 1. The predicted octanol–water partition coefficient (Wildman–Crippen LogP) is 2.08. The van der Waals surface area contributed by atoms with Gasteiger partial charge in [-0.15, -0.1) is 0 Å². The van der Waals surface area contributed by atoms with Crippen LogP contribution in [0.5, 0.6) is 0 Å². The summed E-state index contributed by atoms with van der Waals surface area (Å²) in [4.78, 5) is 15.0. The molecule has 7 atom stereocenters. The summed E-state index contributed by atoms with van der Waals surface area (Å²) in [7, 11) is 2.86. The summed E-state index contributed by atoms with van der Waals surface area (Å²) < 4.78 is 10.8. The highest BCUT2D eigenvalue weighted by Crippen LogP contribution is 2.49. The van der Waals surface area contributed by atoms with E-state index in [1.165, 1.54) is 14.2 Å². The highest BCUT2D eigenvalue weighted by atomic mass is 16.5. The number of allylic oxidation sites excluding steroid dienone is 1. The van der Waals surface area contributed by atoms with E-state index >= 15 is 0 Å². The fourth-order valence-corrected chi connectivity index (χ4v) is 5.92. The number of carbonyl (C=O) groups is 1. The standard InChI is InChI=1S/C26H39NO6/c1-17(2)11-12-21-25(3,30)23-22(32-4)20(28)13-14-26(23,31)16-27(21)19(24(29)33-5)15-18-9-7-6-8-10-18/h6-11,19-23,28,30-31H,12-16H2,1-5H3/t19-,20+,21-,22+,23+,25-,26-/m0/s1. The second-order valence-electron chi connectivity index (χ2n) is 10.0. The minimum atomic E-state index is -1.44. The average molecular weight is 462 g/mol. The van der Waals surface area contributed by atoms with Gasteiger partial charge >= 0.3 is 5.97 Å². The second kappa shape index (κ2) is 10.2. The fourth-order valence-electron chi connectivity index (χ4n) is 5.92. The Morgan fingerprint density at radius 1 is 1.24 bits per heavy atom. The van der Waals surface area contributed by atoms with Gasteiger partial charge < -0.3 is 24.8 Å². The quantitative estimate of drug-likeness (QED) is 0.422. The van der Waals surface area contributed by atoms with Gasteiger partial charge in [0.2, 0.25) is 0 Å². The van der Waals surface area contributed by atoms with Crippen LogP contribution in [-0.2, 0) is 20.7 Å². The molecule has 1 aliphatic carbocycles. The molecule has 2 fully saturated rings. The first kappa shape index (κ1) is 25.8. The van der Waals surface area contributed by atoms with E-state index in [0.29, 0.717) is 25.7 Å². The largest absolute Gasteiger partial charge is 0.468 e. The van der Waals surface area contributed by atoms with Crippen LogP contribution in [0, 0.1) is 5.92 Å². The third-order valence-corrected chi connectivity index (χ3v) is 7.49. The lowest BCUT2D eigenvalue weighted by Crippen LogP contribution is -2.77. The van der Waals surface area contributed by atoms with Crippen LogP contribution < -0.4 is 0 Å². The summed E-state index contributed by atoms with van der Waals surface area (Å²) in [5, 5.41) is 34.4. The number of methoxy groups -OCH3 is 2. The van der Waals surface area contributed by atoms with Gasteiger partial charge in [-0.25, -0.2) is 0 Å². The Hall–Kier alpha value is -1.77. The molecule has 7 nitrogen and oxygen atoms in total. The van der Waals surface area contributed by atoms with Crippen LogP contribution in [0.4, 0.5) is 0 Å². The molecule has 7 heteroatoms. The van der Waals surface area contributed by atoms with E-state index in [0.717, 1.165) is 11.1 Å². The Morgan fingerprint density at radius 2 is 1.91 bits per heavy atom. The molecule has 3 N–H and O–H groups in total. The number of esters is 1. The number of benzene rings is 1. The monoisotopic (exact) mass is 461 g/mol. The molecule has 3 rings (SSSR count). The van der Waals surface area contributed by atoms with Crippen LogP contribution in [0.3, 0.4) is 0 Å². The number of ether oxygens (including phenoxy) is 2. The number of piperidine rings is 1. The lowest BCUT2D eigenvalue weighted by molar-refractivity contribution is -0.269. The van der Waals surface area contributed by atoms with E-state index in [9.17, 15) is 20.1 Å². The minimum Gasteiger partial charge on any atom is -0.468 e. The molecule has 0 aromatic heterocycles. The van der Waals surface area contributed by atoms with Gasteiger partial charge in [0.1, 0.15) is 6.04 Å². The molecule has 1 saturated heterocycles. The third kappa shape index (κ3) is 5.17. The maximum atomic E-state index is 13.0. The first-order valence-corrected chi connectivity index (χ1v) is 11.7. The number of hydrogen-bond acceptors (Lipinski definition) is 7. The highest BCUT2D eigenvalue weighted by Gasteiger charge is 2.64. The van der Waals surface area contributed by atoms with Crippen LogP contribution in [0.15, 0.2) is 42.0 Å². The molecule has 1 aliphatic heterocycles. The molecule has 1 aromatic carbocycles. The number of rotatable bonds is 7. The molecule has 0 radical (unpaired) electrons. The molecular formula is C26H39NO6. The van der Waals surface area contributed by atoms with Gasteiger partial charge in [0.05, 0.1) is 30.5 Å². The van der Waals surface area contributed by atoms with Crippen molar-refractivity contribution in [3.63, 3.8) is 0 Å². The molecule has 1 saturated carbocycles. The van der Waals surface area contributed by atoms with Gasteiger partial charge in [0.25, 0.3) is 0 Å². The van der Waals surface area contributed by atoms with E-state index in [4.69, 9.17) is 9.47 Å². The van der Waals surface area contributed by atoms with Crippen molar-refractivity contribution in [1.82, 2.24) is 4.90 Å². The molecule has 33 heavy (non-hydrogen) atoms. The van der Waals surface area contributed by atoms with Crippen LogP contribution in [0.25, 0.3) is 0 Å². The summed E-state index contributed by atoms with van der Waals surface area (Å²) in [6.07, 6.45) is 2.09. The summed E-state index contributed by atoms with van der Waals surface area (Å²) in [6, 6.07) is 8.51. The maximum Gasteiger partial charge on any atom is 0.323 e. The predicted molar refractivity (Wildman–Crippen MR) is 126 cm³/mol. The number of hydrogen-bond donors (Lipinski definition) is 3. The van der Waals surface area contributed by atoms with Gasteiger partial charge in [0.15, 0.2) is 0 Å². The van der Waals surface area contributed by atoms with Gasteiger partial charge in [-0.05, 0) is 52.0 Å². The van der Waals surface area contributed by atoms with Gasteiger partial charge in [-0.3, -0.25) is 9.69 Å². The number of aliphatic hydroxyl groups is 3. The Bertz CT molecular complexity index is 836. The van der Waals surface area contributed by atoms with E-state index < -0.39 is 47.4 Å². The van der Waals surface area contributed by atoms with E-state index in [2.05, 4.69) is 0 Å². The molecule has 184 valence electrons. The molecule has 2 aliphatic rings. The SMILES string of the molecule is COC(=O)[C@H](Cc1ccccc1)N1C[C@@]2(O)CC[C@@H](O)[C@@H](OC)[C@@H]2[C@@](C)(O)[C@@H]1CC=C(C)C. The Morgan fingerprint density at radius 3 is 2.48 bits per heavy atom. The first-order chi connectivity index (χ1) is 15.5. The van der Waals surface area contributed by atoms with Crippen LogP contribution in [0.2, 0.25) is 0 Å². The molecule has 1 heterocycles. The summed E-state index contributed by atoms with van der Waals surface area (Å²) in [5.41, 5.74) is -0.703. The van der Waals surface area contributed by atoms with Gasteiger partial charge in [-0.1, -0.05) is 42.0 Å². The van der Waals surface area contributed by atoms with Crippen LogP contribution >= 0.6 is 0 Å². The molecule has 0 spiro atoms. The normalized spacial score (nSPS) is 35.4. The number of β-amino-alcohol motifs (C(OH)–C–C–N with tert-alkyl or cyclic N) is 1. The Kier molecular flexibility index (Phi) is 8.02. The van der Waals surface area contributed by atoms with Crippen molar-refractivity contribution in [2.75, 3.05) is 20.8 Å². The zero-order valence-electron chi connectivity index (χ0n) is 20.4. The maximum absolute atomic E-state index is 13.0. The van der Waals surface area contributed by atoms with Crippen LogP contribution in [0.1, 0.15) is 45.6 Å². The van der Waals surface area contributed by atoms with E-state index in [1.807, 2.05) is 55.2 Å². The Labute approximate surface area is 197 Å². The molecule has 0 bridgehead atoms. The molecule has 0 unspecified atom stereocenters. The van der Waals surface area contributed by atoms with E-state index in [-0.39, 0.29) is 6.54 Å². The average Bonchev–Trinajstić information content (AvgIpc) is 2.77. The number of aliphatic hydroxyl groups excluding tert-OH is 1. The zero-order chi connectivity index (χ0) is 24.4. The number of carbonyl (C=O) groups excluding carboxylic acids is 1. The minimum absolute atomic E-state index is 0.175. The van der Waals surface area contributed by atoms with Crippen molar-refractivity contribution >= 4 is 5.97 Å².